The average Bonchev–Trinajstić information content (AvgIpc) is 2.62. The summed E-state index contributed by atoms with van der Waals surface area (Å²) < 4.78 is 5.05. The Balaban J connectivity index is 1.97. The highest BCUT2D eigenvalue weighted by atomic mass is 16.5. The van der Waals surface area contributed by atoms with E-state index in [1.807, 2.05) is 25.1 Å². The van der Waals surface area contributed by atoms with E-state index in [-0.39, 0.29) is 18.4 Å². The number of carbonyl (C=O) groups is 1. The fourth-order valence-electron chi connectivity index (χ4n) is 3.13. The number of hydrogen-bond acceptors (Lipinski definition) is 4. The maximum absolute atomic E-state index is 12.4. The molecule has 0 spiro atoms. The van der Waals surface area contributed by atoms with E-state index < -0.39 is 0 Å². The van der Waals surface area contributed by atoms with Gasteiger partial charge < -0.3 is 20.1 Å². The molecule has 1 amide bonds. The Bertz CT molecular complexity index is 513. The van der Waals surface area contributed by atoms with Crippen molar-refractivity contribution in [2.24, 2.45) is 11.8 Å². The summed E-state index contributed by atoms with van der Waals surface area (Å²) in [6.07, 6.45) is 3.70. The highest BCUT2D eigenvalue weighted by Crippen LogP contribution is 2.30. The number of nitrogens with zero attached hydrogens (tertiary/aromatic N) is 1. The number of nitrogens with one attached hydrogen (secondary N) is 1. The van der Waals surface area contributed by atoms with Gasteiger partial charge in [-0.2, -0.15) is 0 Å². The predicted octanol–water partition coefficient (Wildman–Crippen LogP) is 2.90. The Hall–Kier alpha value is -1.59. The number of hydrogen-bond donors (Lipinski definition) is 2. The molecule has 1 saturated heterocycles. The van der Waals surface area contributed by atoms with E-state index in [1.165, 1.54) is 0 Å². The second kappa shape index (κ2) is 9.64. The van der Waals surface area contributed by atoms with Crippen molar-refractivity contribution in [1.82, 2.24) is 0 Å². The molecular formula is C19H30N2O3. The van der Waals surface area contributed by atoms with Crippen LogP contribution in [0.4, 0.5) is 11.4 Å². The molecule has 24 heavy (non-hydrogen) atoms. The summed E-state index contributed by atoms with van der Waals surface area (Å²) in [7, 11) is 1.68. The Kier molecular flexibility index (Phi) is 7.53. The van der Waals surface area contributed by atoms with Crippen molar-refractivity contribution in [3.05, 3.63) is 24.3 Å². The maximum atomic E-state index is 12.4. The first-order valence-corrected chi connectivity index (χ1v) is 8.90. The number of aliphatic hydroxyl groups excluding tert-OH is 1. The second-order valence-electron chi connectivity index (χ2n) is 6.66. The molecule has 5 nitrogen and oxygen atoms in total. The minimum Gasteiger partial charge on any atom is -0.396 e. The summed E-state index contributed by atoms with van der Waals surface area (Å²) in [5, 5.41) is 12.4. The third-order valence-corrected chi connectivity index (χ3v) is 4.81. The Morgan fingerprint density at radius 3 is 2.75 bits per heavy atom. The molecule has 2 rings (SSSR count). The molecule has 0 aliphatic carbocycles. The first kappa shape index (κ1) is 18.7. The highest BCUT2D eigenvalue weighted by Gasteiger charge is 2.21. The maximum Gasteiger partial charge on any atom is 0.227 e. The lowest BCUT2D eigenvalue weighted by molar-refractivity contribution is -0.119. The van der Waals surface area contributed by atoms with Gasteiger partial charge in [-0.25, -0.2) is 0 Å². The minimum absolute atomic E-state index is 0.0340. The first-order valence-electron chi connectivity index (χ1n) is 8.90. The third kappa shape index (κ3) is 5.21. The molecule has 1 atom stereocenters. The number of anilines is 2. The highest BCUT2D eigenvalue weighted by molar-refractivity contribution is 5.95. The van der Waals surface area contributed by atoms with Crippen LogP contribution in [-0.2, 0) is 9.53 Å². The van der Waals surface area contributed by atoms with Gasteiger partial charge in [0.15, 0.2) is 0 Å². The van der Waals surface area contributed by atoms with Crippen molar-refractivity contribution in [2.45, 2.75) is 32.6 Å². The lowest BCUT2D eigenvalue weighted by atomic mass is 9.97. The zero-order chi connectivity index (χ0) is 17.4. The molecule has 134 valence electrons. The van der Waals surface area contributed by atoms with Crippen LogP contribution >= 0.6 is 0 Å². The average molecular weight is 334 g/mol. The second-order valence-corrected chi connectivity index (χ2v) is 6.66. The summed E-state index contributed by atoms with van der Waals surface area (Å²) in [5.74, 6) is 0.431. The van der Waals surface area contributed by atoms with Gasteiger partial charge in [-0.05, 0) is 43.7 Å². The predicted molar refractivity (Wildman–Crippen MR) is 97.4 cm³/mol. The van der Waals surface area contributed by atoms with Gasteiger partial charge in [0.25, 0.3) is 0 Å². The van der Waals surface area contributed by atoms with Crippen molar-refractivity contribution in [2.75, 3.05) is 43.6 Å². The third-order valence-electron chi connectivity index (χ3n) is 4.81. The normalized spacial score (nSPS) is 16.9. The van der Waals surface area contributed by atoms with E-state index >= 15 is 0 Å². The molecule has 1 aromatic carbocycles. The minimum atomic E-state index is -0.0340. The van der Waals surface area contributed by atoms with Crippen molar-refractivity contribution >= 4 is 17.3 Å². The van der Waals surface area contributed by atoms with Crippen LogP contribution in [0.3, 0.4) is 0 Å². The number of aliphatic hydroxyl groups is 1. The van der Waals surface area contributed by atoms with Crippen molar-refractivity contribution in [1.29, 1.82) is 0 Å². The zero-order valence-electron chi connectivity index (χ0n) is 14.8. The molecule has 1 aliphatic rings. The van der Waals surface area contributed by atoms with E-state index in [0.717, 1.165) is 50.1 Å². The van der Waals surface area contributed by atoms with Gasteiger partial charge in [0.05, 0.1) is 11.4 Å². The van der Waals surface area contributed by atoms with Crippen LogP contribution in [-0.4, -0.2) is 44.4 Å². The van der Waals surface area contributed by atoms with Crippen LogP contribution < -0.4 is 10.2 Å². The Morgan fingerprint density at radius 1 is 1.38 bits per heavy atom. The Labute approximate surface area is 145 Å². The van der Waals surface area contributed by atoms with Crippen LogP contribution in [0.25, 0.3) is 0 Å². The van der Waals surface area contributed by atoms with E-state index in [0.29, 0.717) is 12.5 Å². The van der Waals surface area contributed by atoms with Crippen LogP contribution in [0.5, 0.6) is 0 Å². The standard InChI is InChI=1S/C19H30N2O3/c1-15(6-5-13-24-2)19(23)20-17-7-3-4-8-18(17)21-11-9-16(14-22)10-12-21/h3-4,7-8,15-16,22H,5-6,9-14H2,1-2H3,(H,20,23). The molecule has 1 fully saturated rings. The molecule has 0 saturated carbocycles. The number of methoxy groups -OCH3 is 1. The van der Waals surface area contributed by atoms with Gasteiger partial charge in [-0.3, -0.25) is 4.79 Å². The SMILES string of the molecule is COCCCC(C)C(=O)Nc1ccccc1N1CCC(CO)CC1. The summed E-state index contributed by atoms with van der Waals surface area (Å²) in [4.78, 5) is 14.7. The number of benzene rings is 1. The molecule has 1 aromatic rings. The molecule has 1 aliphatic heterocycles. The van der Waals surface area contributed by atoms with Crippen LogP contribution in [0.15, 0.2) is 24.3 Å². The number of piperidine rings is 1. The smallest absolute Gasteiger partial charge is 0.227 e. The number of amides is 1. The van der Waals surface area contributed by atoms with Gasteiger partial charge in [0.1, 0.15) is 0 Å². The zero-order valence-corrected chi connectivity index (χ0v) is 14.8. The van der Waals surface area contributed by atoms with E-state index in [4.69, 9.17) is 4.74 Å². The largest absolute Gasteiger partial charge is 0.396 e. The summed E-state index contributed by atoms with van der Waals surface area (Å²) in [6, 6.07) is 7.98. The fourth-order valence-corrected chi connectivity index (χ4v) is 3.13. The number of rotatable bonds is 8. The lowest BCUT2D eigenvalue weighted by Gasteiger charge is -2.34. The van der Waals surface area contributed by atoms with Gasteiger partial charge in [-0.15, -0.1) is 0 Å². The van der Waals surface area contributed by atoms with Crippen molar-refractivity contribution < 1.29 is 14.6 Å². The summed E-state index contributed by atoms with van der Waals surface area (Å²) in [5.41, 5.74) is 1.95. The molecule has 0 bridgehead atoms. The number of para-hydroxylation sites is 2. The van der Waals surface area contributed by atoms with E-state index in [2.05, 4.69) is 16.3 Å². The van der Waals surface area contributed by atoms with Crippen molar-refractivity contribution in [3.63, 3.8) is 0 Å². The van der Waals surface area contributed by atoms with Gasteiger partial charge in [-0.1, -0.05) is 19.1 Å². The first-order chi connectivity index (χ1) is 11.7. The molecular weight excluding hydrogens is 304 g/mol. The fraction of sp³-hybridized carbons (Fsp3) is 0.632. The van der Waals surface area contributed by atoms with Crippen LogP contribution in [0, 0.1) is 11.8 Å². The van der Waals surface area contributed by atoms with Gasteiger partial charge >= 0.3 is 0 Å². The molecule has 5 heteroatoms. The molecule has 0 aromatic heterocycles. The number of ether oxygens (including phenoxy) is 1. The van der Waals surface area contributed by atoms with E-state index in [9.17, 15) is 9.90 Å². The van der Waals surface area contributed by atoms with Crippen LogP contribution in [0.2, 0.25) is 0 Å². The quantitative estimate of drug-likeness (QED) is 0.718. The summed E-state index contributed by atoms with van der Waals surface area (Å²) >= 11 is 0. The molecule has 2 N–H and O–H groups in total. The number of carbonyl (C=O) groups excluding carboxylic acids is 1. The molecule has 1 unspecified atom stereocenters. The van der Waals surface area contributed by atoms with Gasteiger partial charge in [0.2, 0.25) is 5.91 Å². The summed E-state index contributed by atoms with van der Waals surface area (Å²) in [6.45, 7) is 4.75. The van der Waals surface area contributed by atoms with Crippen LogP contribution in [0.1, 0.15) is 32.6 Å². The molecule has 1 heterocycles. The topological polar surface area (TPSA) is 61.8 Å². The van der Waals surface area contributed by atoms with Gasteiger partial charge in [0, 0.05) is 39.3 Å². The van der Waals surface area contributed by atoms with Crippen molar-refractivity contribution in [3.8, 4) is 0 Å². The van der Waals surface area contributed by atoms with E-state index in [1.54, 1.807) is 7.11 Å². The monoisotopic (exact) mass is 334 g/mol. The lowest BCUT2D eigenvalue weighted by Crippen LogP contribution is -2.35. The Morgan fingerprint density at radius 2 is 2.08 bits per heavy atom. The molecule has 0 radical (unpaired) electrons.